The highest BCUT2D eigenvalue weighted by Crippen LogP contribution is 2.47. The second-order valence-electron chi connectivity index (χ2n) is 7.70. The number of rotatable bonds is 4. The molecule has 1 N–H and O–H groups in total. The van der Waals surface area contributed by atoms with E-state index in [2.05, 4.69) is 0 Å². The molecule has 3 aromatic carbocycles. The Labute approximate surface area is 183 Å². The van der Waals surface area contributed by atoms with Gasteiger partial charge in [-0.15, -0.1) is 0 Å². The third-order valence-electron chi connectivity index (χ3n) is 5.70. The van der Waals surface area contributed by atoms with Crippen molar-refractivity contribution in [1.82, 2.24) is 0 Å². The van der Waals surface area contributed by atoms with Crippen LogP contribution in [0.2, 0.25) is 5.02 Å². The van der Waals surface area contributed by atoms with E-state index in [1.165, 1.54) is 23.1 Å². The molecule has 0 atom stereocenters. The lowest BCUT2D eigenvalue weighted by molar-refractivity contribution is -0.112. The number of anilines is 2. The van der Waals surface area contributed by atoms with Crippen molar-refractivity contribution in [3.8, 4) is 0 Å². The summed E-state index contributed by atoms with van der Waals surface area (Å²) in [4.78, 5) is 26.1. The van der Waals surface area contributed by atoms with Gasteiger partial charge in [0.25, 0.3) is 5.91 Å². The summed E-state index contributed by atoms with van der Waals surface area (Å²) in [6.07, 6.45) is 3.82. The average molecular weight is 434 g/mol. The Kier molecular flexibility index (Phi) is 4.63. The number of halogens is 2. The predicted molar refractivity (Wildman–Crippen MR) is 118 cm³/mol. The van der Waals surface area contributed by atoms with Crippen LogP contribution < -0.4 is 4.90 Å². The number of fused-ring (bicyclic) bond motifs is 1. The van der Waals surface area contributed by atoms with E-state index < -0.39 is 11.8 Å². The third kappa shape index (κ3) is 3.31. The smallest absolute Gasteiger partial charge is 0.335 e. The lowest BCUT2D eigenvalue weighted by atomic mass is 9.98. The molecule has 0 saturated heterocycles. The number of hydrogen-bond acceptors (Lipinski definition) is 2. The summed E-state index contributed by atoms with van der Waals surface area (Å²) < 4.78 is 14.9. The number of carbonyl (C=O) groups excluding carboxylic acids is 1. The van der Waals surface area contributed by atoms with Crippen molar-refractivity contribution in [3.63, 3.8) is 0 Å². The van der Waals surface area contributed by atoms with Gasteiger partial charge in [0.2, 0.25) is 0 Å². The second-order valence-corrected chi connectivity index (χ2v) is 8.11. The van der Waals surface area contributed by atoms with Crippen LogP contribution in [0.1, 0.15) is 45.8 Å². The molecule has 0 bridgehead atoms. The van der Waals surface area contributed by atoms with Crippen molar-refractivity contribution in [2.24, 2.45) is 0 Å². The molecule has 0 aromatic heterocycles. The Morgan fingerprint density at radius 3 is 2.45 bits per heavy atom. The van der Waals surface area contributed by atoms with Gasteiger partial charge in [-0.1, -0.05) is 29.8 Å². The van der Waals surface area contributed by atoms with E-state index in [1.807, 2.05) is 12.1 Å². The Bertz CT molecular complexity index is 1260. The van der Waals surface area contributed by atoms with Crippen LogP contribution in [0.5, 0.6) is 0 Å². The summed E-state index contributed by atoms with van der Waals surface area (Å²) in [6.45, 7) is 0. The maximum Gasteiger partial charge on any atom is 0.335 e. The molecule has 1 aliphatic carbocycles. The number of aromatic carboxylic acids is 1. The molecule has 1 heterocycles. The summed E-state index contributed by atoms with van der Waals surface area (Å²) in [6, 6.07) is 16.1. The fourth-order valence-electron chi connectivity index (χ4n) is 4.05. The fraction of sp³-hybridized carbons (Fsp3) is 0.120. The highest BCUT2D eigenvalue weighted by molar-refractivity contribution is 6.39. The Balaban J connectivity index is 1.67. The minimum absolute atomic E-state index is 0.107. The monoisotopic (exact) mass is 433 g/mol. The number of amides is 1. The number of hydrogen-bond donors (Lipinski definition) is 1. The van der Waals surface area contributed by atoms with Crippen LogP contribution in [0.15, 0.2) is 60.7 Å². The van der Waals surface area contributed by atoms with Crippen LogP contribution in [0, 0.1) is 5.82 Å². The van der Waals surface area contributed by atoms with E-state index >= 15 is 0 Å². The zero-order valence-electron chi connectivity index (χ0n) is 16.3. The van der Waals surface area contributed by atoms with E-state index in [9.17, 15) is 14.0 Å². The van der Waals surface area contributed by atoms with Crippen molar-refractivity contribution in [1.29, 1.82) is 0 Å². The molecule has 154 valence electrons. The van der Waals surface area contributed by atoms with Crippen LogP contribution in [-0.2, 0) is 4.79 Å². The van der Waals surface area contributed by atoms with Crippen molar-refractivity contribution < 1.29 is 19.1 Å². The van der Waals surface area contributed by atoms with Crippen LogP contribution in [-0.4, -0.2) is 17.0 Å². The van der Waals surface area contributed by atoms with Crippen LogP contribution in [0.25, 0.3) is 11.6 Å². The minimum atomic E-state index is -1.06. The minimum Gasteiger partial charge on any atom is -0.478 e. The van der Waals surface area contributed by atoms with E-state index in [0.29, 0.717) is 22.3 Å². The molecule has 5 rings (SSSR count). The maximum atomic E-state index is 14.9. The summed E-state index contributed by atoms with van der Waals surface area (Å²) in [5, 5.41) is 9.66. The molecule has 3 aromatic rings. The molecule has 0 spiro atoms. The highest BCUT2D eigenvalue weighted by atomic mass is 35.5. The number of carboxylic acid groups (broad SMARTS) is 1. The van der Waals surface area contributed by atoms with Gasteiger partial charge < -0.3 is 5.11 Å². The van der Waals surface area contributed by atoms with Gasteiger partial charge in [-0.3, -0.25) is 9.69 Å². The molecule has 1 saturated carbocycles. The Morgan fingerprint density at radius 2 is 1.77 bits per heavy atom. The first-order chi connectivity index (χ1) is 15.0. The largest absolute Gasteiger partial charge is 0.478 e. The quantitative estimate of drug-likeness (QED) is 0.493. The number of carboxylic acids is 1. The molecular formula is C25H17ClFNO3. The Morgan fingerprint density at radius 1 is 1.06 bits per heavy atom. The molecule has 0 unspecified atom stereocenters. The summed E-state index contributed by atoms with van der Waals surface area (Å²) >= 11 is 6.48. The van der Waals surface area contributed by atoms with Gasteiger partial charge in [0.1, 0.15) is 5.82 Å². The molecule has 4 nitrogen and oxygen atoms in total. The molecule has 2 aliphatic rings. The third-order valence-corrected chi connectivity index (χ3v) is 6.03. The van der Waals surface area contributed by atoms with Crippen LogP contribution in [0.3, 0.4) is 0 Å². The van der Waals surface area contributed by atoms with Gasteiger partial charge in [-0.05, 0) is 78.4 Å². The maximum absolute atomic E-state index is 14.9. The molecule has 1 fully saturated rings. The molecule has 0 radical (unpaired) electrons. The number of benzene rings is 3. The topological polar surface area (TPSA) is 57.6 Å². The van der Waals surface area contributed by atoms with Crippen molar-refractivity contribution >= 4 is 46.5 Å². The SMILES string of the molecule is O=C(O)c1ccc(N2C(=O)C(=Cc3c(Cl)cccc3C3CC3)c3c(F)cccc32)cc1. The standard InChI is InChI=1S/C25H17ClFNO3/c26-20-4-1-3-17(14-7-8-14)18(20)13-19-23-21(27)5-2-6-22(23)28(24(19)29)16-11-9-15(10-12-16)25(30)31/h1-6,9-14H,7-8H2,(H,30,31). The van der Waals surface area contributed by atoms with E-state index in [1.54, 1.807) is 36.4 Å². The van der Waals surface area contributed by atoms with Crippen molar-refractivity contribution in [3.05, 3.63) is 93.8 Å². The zero-order chi connectivity index (χ0) is 21.7. The zero-order valence-corrected chi connectivity index (χ0v) is 17.1. The molecule has 31 heavy (non-hydrogen) atoms. The first kappa shape index (κ1) is 19.5. The van der Waals surface area contributed by atoms with Gasteiger partial charge in [0, 0.05) is 16.3 Å². The fourth-order valence-corrected chi connectivity index (χ4v) is 4.28. The van der Waals surface area contributed by atoms with Crippen LogP contribution >= 0.6 is 11.6 Å². The first-order valence-corrected chi connectivity index (χ1v) is 10.3. The van der Waals surface area contributed by atoms with Crippen molar-refractivity contribution in [2.75, 3.05) is 4.90 Å². The first-order valence-electron chi connectivity index (χ1n) is 9.92. The number of nitrogens with zero attached hydrogens (tertiary/aromatic N) is 1. The van der Waals surface area contributed by atoms with Gasteiger partial charge in [0.05, 0.1) is 16.8 Å². The normalized spacial score (nSPS) is 16.6. The van der Waals surface area contributed by atoms with Gasteiger partial charge in [-0.2, -0.15) is 0 Å². The summed E-state index contributed by atoms with van der Waals surface area (Å²) in [7, 11) is 0. The average Bonchev–Trinajstić information content (AvgIpc) is 3.55. The second kappa shape index (κ2) is 7.36. The van der Waals surface area contributed by atoms with E-state index in [0.717, 1.165) is 24.0 Å². The molecular weight excluding hydrogens is 417 g/mol. The molecule has 1 aliphatic heterocycles. The molecule has 1 amide bonds. The summed E-state index contributed by atoms with van der Waals surface area (Å²) in [5.41, 5.74) is 3.24. The summed E-state index contributed by atoms with van der Waals surface area (Å²) in [5.74, 6) is -1.54. The van der Waals surface area contributed by atoms with Gasteiger partial charge in [-0.25, -0.2) is 9.18 Å². The van der Waals surface area contributed by atoms with Crippen LogP contribution in [0.4, 0.5) is 15.8 Å². The highest BCUT2D eigenvalue weighted by Gasteiger charge is 2.36. The predicted octanol–water partition coefficient (Wildman–Crippen LogP) is 6.27. The van der Waals surface area contributed by atoms with E-state index in [4.69, 9.17) is 16.7 Å². The molecule has 6 heteroatoms. The van der Waals surface area contributed by atoms with E-state index in [-0.39, 0.29) is 22.6 Å². The van der Waals surface area contributed by atoms with Crippen molar-refractivity contribution in [2.45, 2.75) is 18.8 Å². The Hall–Kier alpha value is -3.44. The van der Waals surface area contributed by atoms with Gasteiger partial charge >= 0.3 is 5.97 Å². The lowest BCUT2D eigenvalue weighted by Crippen LogP contribution is -2.20. The lowest BCUT2D eigenvalue weighted by Gasteiger charge is -2.17. The van der Waals surface area contributed by atoms with Gasteiger partial charge in [0.15, 0.2) is 0 Å². The number of carbonyl (C=O) groups is 2.